The van der Waals surface area contributed by atoms with E-state index in [0.717, 1.165) is 45.4 Å². The van der Waals surface area contributed by atoms with E-state index in [4.69, 9.17) is 32.7 Å². The van der Waals surface area contributed by atoms with E-state index >= 15 is 0 Å². The molecule has 8 amide bonds. The number of rotatable bonds is 20. The minimum absolute atomic E-state index is 0.0264. The summed E-state index contributed by atoms with van der Waals surface area (Å²) in [7, 11) is -7.98. The van der Waals surface area contributed by atoms with E-state index in [-0.39, 0.29) is 82.2 Å². The molecule has 24 nitrogen and oxygen atoms in total. The van der Waals surface area contributed by atoms with Crippen molar-refractivity contribution >= 4 is 102 Å². The zero-order valence-corrected chi connectivity index (χ0v) is 63.9. The van der Waals surface area contributed by atoms with Crippen molar-refractivity contribution in [2.45, 2.75) is 223 Å². The lowest BCUT2D eigenvalue weighted by Crippen LogP contribution is -2.59. The van der Waals surface area contributed by atoms with Gasteiger partial charge in [-0.1, -0.05) is 122 Å². The molecule has 4 aromatic carbocycles. The van der Waals surface area contributed by atoms with Crippen molar-refractivity contribution in [2.75, 3.05) is 23.7 Å². The van der Waals surface area contributed by atoms with Crippen LogP contribution in [0.1, 0.15) is 160 Å². The Morgan fingerprint density at radius 3 is 1.41 bits per heavy atom. The smallest absolute Gasteiger partial charge is 0.419 e. The third kappa shape index (κ3) is 17.1. The Kier molecular flexibility index (Phi) is 22.1. The Labute approximate surface area is 631 Å². The zero-order valence-electron chi connectivity index (χ0n) is 60.7. The molecule has 8 aliphatic rings. The van der Waals surface area contributed by atoms with Crippen LogP contribution in [0.25, 0.3) is 0 Å². The van der Waals surface area contributed by atoms with Crippen LogP contribution in [0.3, 0.4) is 0 Å². The first-order valence-corrected chi connectivity index (χ1v) is 39.4. The van der Waals surface area contributed by atoms with Crippen molar-refractivity contribution in [2.24, 2.45) is 22.7 Å². The molecule has 4 aliphatic carbocycles. The van der Waals surface area contributed by atoms with Crippen LogP contribution in [0.15, 0.2) is 78.9 Å². The predicted molar refractivity (Wildman–Crippen MR) is 382 cm³/mol. The number of carbonyl (C=O) groups is 8. The second kappa shape index (κ2) is 29.6. The average Bonchev–Trinajstić information content (AvgIpc) is 1.57. The summed E-state index contributed by atoms with van der Waals surface area (Å²) in [6, 6.07) is 12.2. The Bertz CT molecular complexity index is 4500. The number of likely N-dealkylation sites (tertiary alicyclic amines) is 2. The number of hydrogen-bond acceptors (Lipinski definition) is 16. The number of halogens is 9. The van der Waals surface area contributed by atoms with Gasteiger partial charge in [0, 0.05) is 47.4 Å². The first-order chi connectivity index (χ1) is 50.2. The summed E-state index contributed by atoms with van der Waals surface area (Å²) >= 11 is 12.7. The SMILES string of the molecule is CC[C@@H]1CC1(NC(=O)[C@@H]1C[C@@H](OC(=O)N2Cc3cccc(Cl)c3C2)CN1C(=O)[C@@H](Nc1ccc(F)c(C(F)(F)F)c1)C(C)(C)C)C(=O)NS(=O)(=O)C1CC1.CC[C@@H]1C[C@]1(NC(=O)[C@@H]1C[C@@H](OC(=O)N2Cc3cccc(Cl)c3C2)CN1C(=O)[C@@H](Nc1cccc(C(F)(F)F)c1)C(C)(C)C)C(=O)NS(=O)(=O)C1(C)CC1. The Hall–Kier alpha value is -8.17. The van der Waals surface area contributed by atoms with Crippen LogP contribution in [0.4, 0.5) is 51.7 Å². The van der Waals surface area contributed by atoms with E-state index in [1.807, 2.05) is 12.1 Å². The first kappa shape index (κ1) is 80.8. The lowest BCUT2D eigenvalue weighted by Gasteiger charge is -2.36. The van der Waals surface area contributed by atoms with Gasteiger partial charge in [-0.05, 0) is 139 Å². The van der Waals surface area contributed by atoms with E-state index in [0.29, 0.717) is 60.7 Å². The molecule has 35 heteroatoms. The summed E-state index contributed by atoms with van der Waals surface area (Å²) in [5, 5.41) is 11.5. The number of ether oxygens (including phenoxy) is 2. The number of sulfonamides is 2. The third-order valence-corrected chi connectivity index (χ3v) is 26.3. The van der Waals surface area contributed by atoms with E-state index in [2.05, 4.69) is 30.7 Å². The molecule has 588 valence electrons. The molecule has 6 N–H and O–H groups in total. The molecular formula is C73H87Cl2F7N10O14S2. The van der Waals surface area contributed by atoms with Crippen LogP contribution >= 0.6 is 23.2 Å². The summed E-state index contributed by atoms with van der Waals surface area (Å²) in [6.07, 6.45) is -10.6. The average molecular weight is 1600 g/mol. The zero-order chi connectivity index (χ0) is 79.1. The second-order valence-electron chi connectivity index (χ2n) is 31.7. The van der Waals surface area contributed by atoms with Crippen molar-refractivity contribution in [3.8, 4) is 0 Å². The molecule has 0 radical (unpaired) electrons. The van der Waals surface area contributed by atoms with Gasteiger partial charge in [-0.25, -0.2) is 30.8 Å². The maximum atomic E-state index is 14.5. The van der Waals surface area contributed by atoms with Gasteiger partial charge in [0.15, 0.2) is 0 Å². The maximum absolute atomic E-state index is 14.5. The van der Waals surface area contributed by atoms with Crippen molar-refractivity contribution in [3.63, 3.8) is 0 Å². The number of amides is 8. The monoisotopic (exact) mass is 1590 g/mol. The van der Waals surface area contributed by atoms with E-state index in [9.17, 15) is 85.9 Å². The number of fused-ring (bicyclic) bond motifs is 2. The molecule has 0 spiro atoms. The molecule has 2 saturated heterocycles. The molecule has 10 atom stereocenters. The summed E-state index contributed by atoms with van der Waals surface area (Å²) in [5.41, 5.74) is -4.43. The highest BCUT2D eigenvalue weighted by molar-refractivity contribution is 7.91. The number of carbonyl (C=O) groups excluding carboxylic acids is 8. The van der Waals surface area contributed by atoms with Gasteiger partial charge >= 0.3 is 24.5 Å². The quantitative estimate of drug-likeness (QED) is 0.0448. The number of benzene rings is 4. The van der Waals surface area contributed by atoms with Gasteiger partial charge in [0.1, 0.15) is 53.3 Å². The van der Waals surface area contributed by atoms with Crippen LogP contribution in [0.2, 0.25) is 10.0 Å². The van der Waals surface area contributed by atoms with Gasteiger partial charge in [-0.3, -0.25) is 48.0 Å². The molecule has 0 bridgehead atoms. The molecule has 12 rings (SSSR count). The van der Waals surface area contributed by atoms with Gasteiger partial charge in [0.2, 0.25) is 43.7 Å². The number of hydrogen-bond donors (Lipinski definition) is 6. The lowest BCUT2D eigenvalue weighted by atomic mass is 9.85. The van der Waals surface area contributed by atoms with Crippen molar-refractivity contribution < 1.29 is 95.4 Å². The van der Waals surface area contributed by atoms with Crippen LogP contribution in [0, 0.1) is 28.5 Å². The Morgan fingerprint density at radius 2 is 1.02 bits per heavy atom. The number of alkyl halides is 6. The predicted octanol–water partition coefficient (Wildman–Crippen LogP) is 10.9. The number of nitrogens with zero attached hydrogens (tertiary/aromatic N) is 4. The molecule has 4 heterocycles. The molecule has 4 saturated carbocycles. The highest BCUT2D eigenvalue weighted by atomic mass is 35.5. The maximum Gasteiger partial charge on any atom is 0.419 e. The fourth-order valence-corrected chi connectivity index (χ4v) is 17.7. The molecule has 4 aromatic rings. The summed E-state index contributed by atoms with van der Waals surface area (Å²) < 4.78 is 162. The topological polar surface area (TPSA) is 308 Å². The normalized spacial score (nSPS) is 24.7. The molecule has 1 unspecified atom stereocenters. The third-order valence-electron chi connectivity index (χ3n) is 21.6. The van der Waals surface area contributed by atoms with Gasteiger partial charge < -0.3 is 40.5 Å². The van der Waals surface area contributed by atoms with E-state index < -0.39 is 171 Å². The molecular weight excluding hydrogens is 1510 g/mol. The van der Waals surface area contributed by atoms with E-state index in [1.54, 1.807) is 79.7 Å². The number of anilines is 2. The molecule has 0 aromatic heterocycles. The van der Waals surface area contributed by atoms with Crippen molar-refractivity contribution in [3.05, 3.63) is 128 Å². The van der Waals surface area contributed by atoms with Crippen LogP contribution in [-0.4, -0.2) is 155 Å². The minimum atomic E-state index is -5.01. The van der Waals surface area contributed by atoms with Crippen molar-refractivity contribution in [1.29, 1.82) is 0 Å². The summed E-state index contributed by atoms with van der Waals surface area (Å²) in [5.74, 6) is -6.96. The fraction of sp³-hybridized carbons (Fsp3) is 0.562. The van der Waals surface area contributed by atoms with Crippen LogP contribution in [0.5, 0.6) is 0 Å². The largest absolute Gasteiger partial charge is 0.444 e. The van der Waals surface area contributed by atoms with Crippen LogP contribution in [-0.2, 0) is 96.8 Å². The fourth-order valence-electron chi connectivity index (χ4n) is 14.5. The highest BCUT2D eigenvalue weighted by Gasteiger charge is 2.65. The Balaban J connectivity index is 0.000000215. The van der Waals surface area contributed by atoms with Gasteiger partial charge in [0.05, 0.1) is 47.3 Å². The van der Waals surface area contributed by atoms with Gasteiger partial charge in [-0.2, -0.15) is 26.3 Å². The minimum Gasteiger partial charge on any atom is -0.444 e. The van der Waals surface area contributed by atoms with Gasteiger partial charge in [0.25, 0.3) is 11.8 Å². The molecule has 4 aliphatic heterocycles. The Morgan fingerprint density at radius 1 is 0.583 bits per heavy atom. The first-order valence-electron chi connectivity index (χ1n) is 35.6. The lowest BCUT2D eigenvalue weighted by molar-refractivity contribution is -0.142. The van der Waals surface area contributed by atoms with Crippen LogP contribution < -0.4 is 30.7 Å². The van der Waals surface area contributed by atoms with E-state index in [1.165, 1.54) is 33.8 Å². The standard InChI is InChI=1S/C37H45ClF3N5O7S.C36H42ClF4N5O7S/c1-6-22-17-36(22,32(49)44-54(51,52)35(5)13-14-35)43-30(47)28-16-25(53-33(50)45-18-21-9-7-12-27(38)26(21)20-45)19-46(28)31(48)29(34(2,3)4)42-24-11-8-10-23(15-24)37(39,40)41;1-5-20-15-35(20,32(49)44-54(51,52)23-10-11-23)43-30(47)28-14-22(53-33(50)45-16-19-7-6-8-26(37)24(19)18-45)17-46(28)31(48)29(34(2,3)4)42-21-9-12-27(38)25(13-21)36(39,40)41/h7-12,15,22,25,28-29,42H,6,13-14,16-20H2,1-5H3,(H,43,47)(H,44,49);6-9,12-13,20,22-23,28-29,42H,5,10-11,14-18H2,1-4H3,(H,43,47)(H,44,49)/t22-,25-,28+,29-,36-;20-,22-,28+,29-,35?/m11/s1. The summed E-state index contributed by atoms with van der Waals surface area (Å²) in [4.78, 5) is 117. The molecule has 108 heavy (non-hydrogen) atoms. The van der Waals surface area contributed by atoms with Crippen molar-refractivity contribution in [1.82, 2.24) is 39.7 Å². The summed E-state index contributed by atoms with van der Waals surface area (Å²) in [6.45, 7) is 15.5. The second-order valence-corrected chi connectivity index (χ2v) is 36.7. The highest BCUT2D eigenvalue weighted by Crippen LogP contribution is 2.50. The number of nitrogens with one attached hydrogen (secondary N) is 6. The van der Waals surface area contributed by atoms with Gasteiger partial charge in [-0.15, -0.1) is 0 Å². The molecule has 6 fully saturated rings.